The smallest absolute Gasteiger partial charge is 0.289 e. The number of amides is 1. The minimum atomic E-state index is -0.687. The molecular weight excluding hydrogens is 447 g/mol. The summed E-state index contributed by atoms with van der Waals surface area (Å²) < 4.78 is 15.0. The van der Waals surface area contributed by atoms with E-state index in [2.05, 4.69) is 15.7 Å². The molecule has 0 atom stereocenters. The van der Waals surface area contributed by atoms with Crippen molar-refractivity contribution in [2.75, 3.05) is 0 Å². The number of hydroxylamine groups is 1. The van der Waals surface area contributed by atoms with E-state index in [0.717, 1.165) is 22.0 Å². The SMILES string of the molecule is Cc1c(-c2ccccc2)c(C)n(-c2ccc(F)cc2)c(=O)c1C(=O)NOc1ccc2[nH]ncc2c1. The predicted octanol–water partition coefficient (Wildman–Crippen LogP) is 4.86. The summed E-state index contributed by atoms with van der Waals surface area (Å²) in [6.07, 6.45) is 1.64. The standard InChI is InChI=1S/C27H21FN4O3/c1-16-24(18-6-4-3-5-7-18)17(2)32(21-10-8-20(28)9-11-21)27(34)25(16)26(33)31-35-22-12-13-23-19(14-22)15-29-30-23/h3-15H,1-2H3,(H,29,30)(H,31,33). The number of H-pyrrole nitrogens is 1. The van der Waals surface area contributed by atoms with E-state index in [1.807, 2.05) is 30.3 Å². The van der Waals surface area contributed by atoms with E-state index in [1.165, 1.54) is 28.8 Å². The Balaban J connectivity index is 1.61. The highest BCUT2D eigenvalue weighted by Gasteiger charge is 2.24. The Morgan fingerprint density at radius 1 is 1.03 bits per heavy atom. The minimum Gasteiger partial charge on any atom is -0.379 e. The number of aromatic amines is 1. The number of benzene rings is 3. The fourth-order valence-corrected chi connectivity index (χ4v) is 4.27. The maximum atomic E-state index is 13.6. The second kappa shape index (κ2) is 8.90. The number of aromatic nitrogens is 3. The minimum absolute atomic E-state index is 0.0665. The number of fused-ring (bicyclic) bond motifs is 1. The first-order valence-corrected chi connectivity index (χ1v) is 10.9. The average molecular weight is 468 g/mol. The third kappa shape index (κ3) is 4.06. The van der Waals surface area contributed by atoms with Crippen LogP contribution in [0.25, 0.3) is 27.7 Å². The van der Waals surface area contributed by atoms with Gasteiger partial charge in [0.25, 0.3) is 11.5 Å². The summed E-state index contributed by atoms with van der Waals surface area (Å²) in [5.41, 5.74) is 5.81. The molecule has 0 spiro atoms. The molecule has 8 heteroatoms. The van der Waals surface area contributed by atoms with Crippen molar-refractivity contribution in [3.63, 3.8) is 0 Å². The zero-order valence-corrected chi connectivity index (χ0v) is 19.0. The Kier molecular flexibility index (Phi) is 5.62. The first kappa shape index (κ1) is 22.1. The Morgan fingerprint density at radius 3 is 2.51 bits per heavy atom. The molecule has 0 fully saturated rings. The van der Waals surface area contributed by atoms with Gasteiger partial charge in [-0.05, 0) is 67.4 Å². The van der Waals surface area contributed by atoms with Crippen LogP contribution in [0.2, 0.25) is 0 Å². The van der Waals surface area contributed by atoms with Gasteiger partial charge in [0.2, 0.25) is 0 Å². The van der Waals surface area contributed by atoms with Gasteiger partial charge in [0, 0.05) is 22.3 Å². The molecule has 0 aliphatic carbocycles. The number of halogens is 1. The van der Waals surface area contributed by atoms with Crippen LogP contribution in [0.4, 0.5) is 4.39 Å². The summed E-state index contributed by atoms with van der Waals surface area (Å²) in [6, 6.07) is 20.2. The Bertz CT molecular complexity index is 1610. The van der Waals surface area contributed by atoms with Crippen LogP contribution in [0, 0.1) is 19.7 Å². The van der Waals surface area contributed by atoms with Gasteiger partial charge in [0.15, 0.2) is 5.75 Å². The van der Waals surface area contributed by atoms with Crippen molar-refractivity contribution in [1.82, 2.24) is 20.2 Å². The highest BCUT2D eigenvalue weighted by molar-refractivity contribution is 5.97. The van der Waals surface area contributed by atoms with Crippen LogP contribution in [0.1, 0.15) is 21.6 Å². The normalized spacial score (nSPS) is 10.9. The van der Waals surface area contributed by atoms with E-state index in [1.54, 1.807) is 38.2 Å². The molecule has 0 saturated heterocycles. The van der Waals surface area contributed by atoms with Gasteiger partial charge in [-0.2, -0.15) is 10.6 Å². The topological polar surface area (TPSA) is 89.0 Å². The third-order valence-electron chi connectivity index (χ3n) is 5.91. The van der Waals surface area contributed by atoms with Gasteiger partial charge in [-0.3, -0.25) is 19.3 Å². The molecular formula is C27H21FN4O3. The molecule has 2 N–H and O–H groups in total. The molecule has 0 unspecified atom stereocenters. The van der Waals surface area contributed by atoms with Crippen LogP contribution >= 0.6 is 0 Å². The van der Waals surface area contributed by atoms with Crippen LogP contribution in [-0.4, -0.2) is 20.7 Å². The number of nitrogens with zero attached hydrogens (tertiary/aromatic N) is 2. The fourth-order valence-electron chi connectivity index (χ4n) is 4.27. The molecule has 174 valence electrons. The van der Waals surface area contributed by atoms with Crippen molar-refractivity contribution in [3.8, 4) is 22.6 Å². The summed E-state index contributed by atoms with van der Waals surface area (Å²) in [5, 5.41) is 7.62. The molecule has 5 aromatic rings. The van der Waals surface area contributed by atoms with Crippen LogP contribution in [0.3, 0.4) is 0 Å². The molecule has 0 bridgehead atoms. The lowest BCUT2D eigenvalue weighted by molar-refractivity contribution is 0.0757. The molecule has 0 radical (unpaired) electrons. The van der Waals surface area contributed by atoms with Crippen LogP contribution < -0.4 is 15.9 Å². The van der Waals surface area contributed by atoms with Crippen LogP contribution in [0.5, 0.6) is 5.75 Å². The lowest BCUT2D eigenvalue weighted by atomic mass is 9.95. The zero-order chi connectivity index (χ0) is 24.5. The van der Waals surface area contributed by atoms with Crippen LogP contribution in [0.15, 0.2) is 83.8 Å². The van der Waals surface area contributed by atoms with Gasteiger partial charge in [-0.1, -0.05) is 30.3 Å². The number of rotatable bonds is 5. The second-order valence-corrected chi connectivity index (χ2v) is 8.10. The second-order valence-electron chi connectivity index (χ2n) is 8.10. The zero-order valence-electron chi connectivity index (χ0n) is 19.0. The molecule has 0 saturated carbocycles. The largest absolute Gasteiger partial charge is 0.379 e. The highest BCUT2D eigenvalue weighted by Crippen LogP contribution is 2.29. The first-order valence-electron chi connectivity index (χ1n) is 10.9. The average Bonchev–Trinajstić information content (AvgIpc) is 3.32. The van der Waals surface area contributed by atoms with E-state index in [9.17, 15) is 14.0 Å². The predicted molar refractivity (Wildman–Crippen MR) is 131 cm³/mol. The van der Waals surface area contributed by atoms with Crippen molar-refractivity contribution < 1.29 is 14.0 Å². The van der Waals surface area contributed by atoms with Gasteiger partial charge >= 0.3 is 0 Å². The highest BCUT2D eigenvalue weighted by atomic mass is 19.1. The Labute approximate surface area is 199 Å². The maximum absolute atomic E-state index is 13.6. The number of nitrogens with one attached hydrogen (secondary N) is 2. The fraction of sp³-hybridized carbons (Fsp3) is 0.0741. The number of hydrogen-bond donors (Lipinski definition) is 2. The van der Waals surface area contributed by atoms with Crippen molar-refractivity contribution in [2.24, 2.45) is 0 Å². The summed E-state index contributed by atoms with van der Waals surface area (Å²) in [4.78, 5) is 32.4. The first-order chi connectivity index (χ1) is 16.9. The van der Waals surface area contributed by atoms with E-state index >= 15 is 0 Å². The number of hydrogen-bond acceptors (Lipinski definition) is 4. The van der Waals surface area contributed by atoms with E-state index in [-0.39, 0.29) is 5.56 Å². The molecule has 7 nitrogen and oxygen atoms in total. The van der Waals surface area contributed by atoms with Crippen molar-refractivity contribution in [1.29, 1.82) is 0 Å². The van der Waals surface area contributed by atoms with Crippen molar-refractivity contribution >= 4 is 16.8 Å². The van der Waals surface area contributed by atoms with E-state index in [0.29, 0.717) is 22.7 Å². The maximum Gasteiger partial charge on any atom is 0.289 e. The Morgan fingerprint density at radius 2 is 1.77 bits per heavy atom. The lowest BCUT2D eigenvalue weighted by Crippen LogP contribution is -2.36. The van der Waals surface area contributed by atoms with Gasteiger partial charge in [0.05, 0.1) is 11.7 Å². The van der Waals surface area contributed by atoms with Gasteiger partial charge in [-0.25, -0.2) is 4.39 Å². The number of pyridine rings is 1. The lowest BCUT2D eigenvalue weighted by Gasteiger charge is -2.20. The van der Waals surface area contributed by atoms with Gasteiger partial charge in [-0.15, -0.1) is 0 Å². The number of carbonyl (C=O) groups excluding carboxylic acids is 1. The molecule has 5 rings (SSSR count). The third-order valence-corrected chi connectivity index (χ3v) is 5.91. The van der Waals surface area contributed by atoms with Crippen LogP contribution in [-0.2, 0) is 0 Å². The van der Waals surface area contributed by atoms with E-state index in [4.69, 9.17) is 4.84 Å². The quantitative estimate of drug-likeness (QED) is 0.361. The van der Waals surface area contributed by atoms with Gasteiger partial charge < -0.3 is 4.84 Å². The molecule has 2 aromatic heterocycles. The van der Waals surface area contributed by atoms with Crippen molar-refractivity contribution in [2.45, 2.75) is 13.8 Å². The molecule has 35 heavy (non-hydrogen) atoms. The number of carbonyl (C=O) groups is 1. The molecule has 1 amide bonds. The molecule has 2 heterocycles. The molecule has 0 aliphatic rings. The van der Waals surface area contributed by atoms with E-state index < -0.39 is 17.3 Å². The van der Waals surface area contributed by atoms with Gasteiger partial charge in [0.1, 0.15) is 11.4 Å². The summed E-state index contributed by atoms with van der Waals surface area (Å²) in [6.45, 7) is 3.54. The summed E-state index contributed by atoms with van der Waals surface area (Å²) in [5.74, 6) is -0.720. The molecule has 0 aliphatic heterocycles. The van der Waals surface area contributed by atoms with Crippen molar-refractivity contribution in [3.05, 3.63) is 112 Å². The summed E-state index contributed by atoms with van der Waals surface area (Å²) in [7, 11) is 0. The summed E-state index contributed by atoms with van der Waals surface area (Å²) >= 11 is 0. The monoisotopic (exact) mass is 468 g/mol. The Hall–Kier alpha value is -4.72. The molecule has 3 aromatic carbocycles.